The van der Waals surface area contributed by atoms with E-state index in [0.717, 1.165) is 88.3 Å². The van der Waals surface area contributed by atoms with E-state index >= 15 is 0 Å². The molecule has 0 aliphatic carbocycles. The largest absolute Gasteiger partial charge is 0.396 e. The monoisotopic (exact) mass is 704 g/mol. The van der Waals surface area contributed by atoms with Gasteiger partial charge in [0.1, 0.15) is 34.6 Å². The summed E-state index contributed by atoms with van der Waals surface area (Å²) in [6.45, 7) is 12.4. The second-order valence-electron chi connectivity index (χ2n) is 13.6. The van der Waals surface area contributed by atoms with Gasteiger partial charge in [0.05, 0.1) is 6.61 Å². The van der Waals surface area contributed by atoms with Crippen molar-refractivity contribution in [2.75, 3.05) is 55.8 Å². The van der Waals surface area contributed by atoms with Gasteiger partial charge in [0, 0.05) is 39.4 Å². The Morgan fingerprint density at radius 2 is 1.50 bits per heavy atom. The lowest BCUT2D eigenvalue weighted by Crippen LogP contribution is -2.27. The molecule has 0 radical (unpaired) electrons. The second-order valence-corrected chi connectivity index (χ2v) is 14.3. The van der Waals surface area contributed by atoms with E-state index in [1.807, 2.05) is 18.4 Å². The van der Waals surface area contributed by atoms with Gasteiger partial charge in [0.2, 0.25) is 10.6 Å². The van der Waals surface area contributed by atoms with E-state index in [-0.39, 0.29) is 23.4 Å². The van der Waals surface area contributed by atoms with Crippen molar-refractivity contribution in [1.82, 2.24) is 39.5 Å². The summed E-state index contributed by atoms with van der Waals surface area (Å²) in [6.07, 6.45) is 7.98. The van der Waals surface area contributed by atoms with E-state index in [0.29, 0.717) is 48.1 Å². The molecule has 3 saturated heterocycles. The number of imidazole rings is 2. The number of H-pyrrole nitrogens is 1. The van der Waals surface area contributed by atoms with Crippen LogP contribution in [0.25, 0.3) is 22.3 Å². The Hall–Kier alpha value is -2.88. The van der Waals surface area contributed by atoms with E-state index in [1.165, 1.54) is 0 Å². The van der Waals surface area contributed by atoms with Crippen LogP contribution in [0.15, 0.2) is 0 Å². The maximum Gasteiger partial charge on any atom is 0.226 e. The Morgan fingerprint density at radius 1 is 0.854 bits per heavy atom. The number of hydrogen-bond donors (Lipinski definition) is 3. The van der Waals surface area contributed by atoms with Crippen LogP contribution < -0.4 is 9.80 Å². The first-order chi connectivity index (χ1) is 23.0. The molecule has 3 aliphatic heterocycles. The lowest BCUT2D eigenvalue weighted by Gasteiger charge is -2.28. The van der Waals surface area contributed by atoms with Crippen molar-refractivity contribution < 1.29 is 19.7 Å². The van der Waals surface area contributed by atoms with Gasteiger partial charge in [-0.3, -0.25) is 4.57 Å². The molecule has 3 aliphatic rings. The van der Waals surface area contributed by atoms with Gasteiger partial charge < -0.3 is 34.5 Å². The molecule has 0 amide bonds. The van der Waals surface area contributed by atoms with Crippen molar-refractivity contribution in [1.29, 1.82) is 0 Å². The average Bonchev–Trinajstić information content (AvgIpc) is 3.87. The van der Waals surface area contributed by atoms with Crippen molar-refractivity contribution >= 4 is 57.2 Å². The average molecular weight is 706 g/mol. The SMILES string of the molecule is CC(C)(O)c1nc2c(N3CCCC3)nc(Cl)nc2n1C1CCCCO1.CC(C)(OCCCO)c1nc2nc(Cl)nc(N3CCCC3)c2[nH]1. The summed E-state index contributed by atoms with van der Waals surface area (Å²) >= 11 is 12.3. The number of aromatic nitrogens is 8. The summed E-state index contributed by atoms with van der Waals surface area (Å²) in [5, 5.41) is 20.0. The highest BCUT2D eigenvalue weighted by atomic mass is 35.5. The number of hydrogen-bond acceptors (Lipinski definition) is 12. The van der Waals surface area contributed by atoms with Crippen LogP contribution >= 0.6 is 23.2 Å². The van der Waals surface area contributed by atoms with Crippen LogP contribution in [-0.2, 0) is 20.7 Å². The molecule has 4 aromatic rings. The summed E-state index contributed by atoms with van der Waals surface area (Å²) in [5.74, 6) is 2.80. The van der Waals surface area contributed by atoms with Crippen LogP contribution in [0.4, 0.5) is 11.6 Å². The molecule has 7 heterocycles. The van der Waals surface area contributed by atoms with E-state index in [4.69, 9.17) is 42.8 Å². The third-order valence-electron chi connectivity index (χ3n) is 8.94. The van der Waals surface area contributed by atoms with Crippen LogP contribution in [0, 0.1) is 0 Å². The second kappa shape index (κ2) is 14.5. The van der Waals surface area contributed by atoms with Crippen LogP contribution in [0.5, 0.6) is 0 Å². The predicted molar refractivity (Wildman–Crippen MR) is 185 cm³/mol. The Labute approximate surface area is 290 Å². The van der Waals surface area contributed by atoms with Crippen molar-refractivity contribution in [3.63, 3.8) is 0 Å². The molecule has 0 spiro atoms. The number of aromatic amines is 1. The van der Waals surface area contributed by atoms with E-state index in [9.17, 15) is 5.11 Å². The fraction of sp³-hybridized carbons (Fsp3) is 0.688. The van der Waals surface area contributed by atoms with Crippen LogP contribution in [0.1, 0.15) is 96.9 Å². The number of ether oxygens (including phenoxy) is 2. The van der Waals surface area contributed by atoms with Crippen LogP contribution in [0.2, 0.25) is 10.6 Å². The molecule has 3 fully saturated rings. The zero-order chi connectivity index (χ0) is 34.1. The minimum absolute atomic E-state index is 0.108. The number of rotatable bonds is 9. The first-order valence-corrected chi connectivity index (χ1v) is 17.7. The number of fused-ring (bicyclic) bond motifs is 2. The maximum absolute atomic E-state index is 10.7. The van der Waals surface area contributed by atoms with Crippen molar-refractivity contribution in [2.24, 2.45) is 0 Å². The maximum atomic E-state index is 10.7. The van der Waals surface area contributed by atoms with Gasteiger partial charge in [-0.25, -0.2) is 9.97 Å². The van der Waals surface area contributed by atoms with Gasteiger partial charge >= 0.3 is 0 Å². The molecular weight excluding hydrogens is 659 g/mol. The van der Waals surface area contributed by atoms with Gasteiger partial charge in [-0.15, -0.1) is 0 Å². The Morgan fingerprint density at radius 3 is 2.12 bits per heavy atom. The Kier molecular flexibility index (Phi) is 10.6. The van der Waals surface area contributed by atoms with Crippen LogP contribution in [-0.4, -0.2) is 95.7 Å². The molecule has 0 saturated carbocycles. The molecule has 262 valence electrons. The zero-order valence-electron chi connectivity index (χ0n) is 28.2. The minimum atomic E-state index is -1.11. The summed E-state index contributed by atoms with van der Waals surface area (Å²) in [7, 11) is 0. The smallest absolute Gasteiger partial charge is 0.226 e. The number of anilines is 2. The fourth-order valence-electron chi connectivity index (χ4n) is 6.47. The summed E-state index contributed by atoms with van der Waals surface area (Å²) < 4.78 is 13.7. The highest BCUT2D eigenvalue weighted by Crippen LogP contribution is 2.36. The van der Waals surface area contributed by atoms with Crippen molar-refractivity contribution in [3.05, 3.63) is 22.2 Å². The summed E-state index contributed by atoms with van der Waals surface area (Å²) in [6, 6.07) is 0. The number of aliphatic hydroxyl groups is 2. The minimum Gasteiger partial charge on any atom is -0.396 e. The lowest BCUT2D eigenvalue weighted by atomic mass is 10.1. The van der Waals surface area contributed by atoms with Gasteiger partial charge in [-0.1, -0.05) is 0 Å². The normalized spacial score (nSPS) is 19.0. The van der Waals surface area contributed by atoms with Gasteiger partial charge in [0.25, 0.3) is 0 Å². The molecule has 3 N–H and O–H groups in total. The van der Waals surface area contributed by atoms with Gasteiger partial charge in [0.15, 0.2) is 28.4 Å². The van der Waals surface area contributed by atoms with Crippen LogP contribution in [0.3, 0.4) is 0 Å². The molecule has 4 aromatic heterocycles. The molecular formula is C32H46Cl2N10O4. The first kappa shape index (κ1) is 35.0. The van der Waals surface area contributed by atoms with E-state index < -0.39 is 11.2 Å². The van der Waals surface area contributed by atoms with Crippen molar-refractivity contribution in [3.8, 4) is 0 Å². The quantitative estimate of drug-likeness (QED) is 0.153. The standard InChI is InChI=1S/C17H24ClN5O2.C15H22ClN5O2/c1-17(2,24)15-19-12-13(22-8-4-5-9-22)20-16(18)21-14(12)23(15)11-7-3-6-10-25-11;1-15(2,23-9-5-8-22)13-17-10-11(18-13)19-14(16)20-12(10)21-6-3-4-7-21/h11,24H,3-10H2,1-2H3;22H,3-9H2,1-2H3,(H,17,18,19,20). The Balaban J connectivity index is 0.000000168. The fourth-order valence-corrected chi connectivity index (χ4v) is 6.79. The van der Waals surface area contributed by atoms with E-state index in [1.54, 1.807) is 13.8 Å². The molecule has 16 heteroatoms. The molecule has 0 bridgehead atoms. The summed E-state index contributed by atoms with van der Waals surface area (Å²) in [4.78, 5) is 34.5. The predicted octanol–water partition coefficient (Wildman–Crippen LogP) is 5.25. The molecule has 7 rings (SSSR count). The molecule has 1 atom stereocenters. The zero-order valence-corrected chi connectivity index (χ0v) is 29.7. The van der Waals surface area contributed by atoms with E-state index in [2.05, 4.69) is 39.7 Å². The van der Waals surface area contributed by atoms with Gasteiger partial charge in [-0.05, 0) is 102 Å². The molecule has 14 nitrogen and oxygen atoms in total. The molecule has 0 aromatic carbocycles. The number of nitrogens with zero attached hydrogens (tertiary/aromatic N) is 9. The number of nitrogens with one attached hydrogen (secondary N) is 1. The first-order valence-electron chi connectivity index (χ1n) is 16.9. The third-order valence-corrected chi connectivity index (χ3v) is 9.27. The molecule has 48 heavy (non-hydrogen) atoms. The third kappa shape index (κ3) is 7.48. The topological polar surface area (TPSA) is 163 Å². The lowest BCUT2D eigenvalue weighted by molar-refractivity contribution is -0.0405. The summed E-state index contributed by atoms with van der Waals surface area (Å²) in [5.41, 5.74) is 0.968. The highest BCUT2D eigenvalue weighted by molar-refractivity contribution is 6.29. The van der Waals surface area contributed by atoms with Gasteiger partial charge in [-0.2, -0.15) is 19.9 Å². The number of aliphatic hydroxyl groups excluding tert-OH is 1. The van der Waals surface area contributed by atoms with Crippen molar-refractivity contribution in [2.45, 2.75) is 96.5 Å². The number of halogens is 2. The Bertz CT molecular complexity index is 1700. The highest BCUT2D eigenvalue weighted by Gasteiger charge is 2.33. The molecule has 1 unspecified atom stereocenters.